The summed E-state index contributed by atoms with van der Waals surface area (Å²) in [7, 11) is 0. The highest BCUT2D eigenvalue weighted by Crippen LogP contribution is 2.28. The van der Waals surface area contributed by atoms with Crippen molar-refractivity contribution in [3.63, 3.8) is 0 Å². The fourth-order valence-electron chi connectivity index (χ4n) is 3.53. The highest BCUT2D eigenvalue weighted by atomic mass is 35.5. The SMILES string of the molecule is Cl.Cl.N[C@H]1CC[C@H](C(=O)N2CCN(c3ccccc3Cl)CC2)C[C@@H]1O. The zero-order valence-corrected chi connectivity index (χ0v) is 16.4. The number of halogens is 3. The van der Waals surface area contributed by atoms with Gasteiger partial charge < -0.3 is 20.6 Å². The average Bonchev–Trinajstić information content (AvgIpc) is 2.57. The van der Waals surface area contributed by atoms with Crippen LogP contribution in [0.15, 0.2) is 24.3 Å². The van der Waals surface area contributed by atoms with Crippen LogP contribution in [0.5, 0.6) is 0 Å². The number of rotatable bonds is 2. The van der Waals surface area contributed by atoms with E-state index >= 15 is 0 Å². The summed E-state index contributed by atoms with van der Waals surface area (Å²) in [6, 6.07) is 7.62. The van der Waals surface area contributed by atoms with Crippen molar-refractivity contribution in [2.75, 3.05) is 31.1 Å². The minimum absolute atomic E-state index is 0. The number of nitrogens with two attached hydrogens (primary N) is 1. The summed E-state index contributed by atoms with van der Waals surface area (Å²) in [6.45, 7) is 2.96. The zero-order chi connectivity index (χ0) is 16.4. The molecular weight excluding hydrogens is 385 g/mol. The van der Waals surface area contributed by atoms with Gasteiger partial charge >= 0.3 is 0 Å². The lowest BCUT2D eigenvalue weighted by Gasteiger charge is -2.39. The average molecular weight is 411 g/mol. The molecule has 1 aromatic rings. The predicted molar refractivity (Wildman–Crippen MR) is 106 cm³/mol. The summed E-state index contributed by atoms with van der Waals surface area (Å²) in [5.41, 5.74) is 6.85. The third kappa shape index (κ3) is 5.14. The van der Waals surface area contributed by atoms with E-state index in [0.29, 0.717) is 19.5 Å². The third-order valence-electron chi connectivity index (χ3n) is 5.00. The highest BCUT2D eigenvalue weighted by Gasteiger charge is 2.34. The monoisotopic (exact) mass is 409 g/mol. The molecule has 0 aromatic heterocycles. The van der Waals surface area contributed by atoms with Gasteiger partial charge in [-0.1, -0.05) is 23.7 Å². The van der Waals surface area contributed by atoms with Crippen LogP contribution >= 0.6 is 36.4 Å². The molecule has 1 aliphatic heterocycles. The number of nitrogens with zero attached hydrogens (tertiary/aromatic N) is 2. The van der Waals surface area contributed by atoms with Crippen LogP contribution in [-0.4, -0.2) is 54.2 Å². The summed E-state index contributed by atoms with van der Waals surface area (Å²) >= 11 is 6.25. The fraction of sp³-hybridized carbons (Fsp3) is 0.588. The number of carbonyl (C=O) groups is 1. The molecule has 142 valence electrons. The number of anilines is 1. The van der Waals surface area contributed by atoms with Crippen LogP contribution in [-0.2, 0) is 4.79 Å². The van der Waals surface area contributed by atoms with Gasteiger partial charge in [-0.15, -0.1) is 24.8 Å². The van der Waals surface area contributed by atoms with Crippen LogP contribution < -0.4 is 10.6 Å². The molecule has 3 atom stereocenters. The van der Waals surface area contributed by atoms with E-state index < -0.39 is 6.10 Å². The maximum absolute atomic E-state index is 12.6. The molecule has 2 fully saturated rings. The number of carbonyl (C=O) groups excluding carboxylic acids is 1. The molecule has 2 aliphatic rings. The maximum atomic E-state index is 12.6. The molecule has 25 heavy (non-hydrogen) atoms. The van der Waals surface area contributed by atoms with Crippen LogP contribution in [0.3, 0.4) is 0 Å². The summed E-state index contributed by atoms with van der Waals surface area (Å²) in [6.07, 6.45) is 1.44. The largest absolute Gasteiger partial charge is 0.391 e. The molecule has 8 heteroatoms. The Morgan fingerprint density at radius 3 is 2.36 bits per heavy atom. The number of para-hydroxylation sites is 1. The smallest absolute Gasteiger partial charge is 0.225 e. The lowest BCUT2D eigenvalue weighted by molar-refractivity contribution is -0.138. The van der Waals surface area contributed by atoms with Gasteiger partial charge in [-0.05, 0) is 31.4 Å². The highest BCUT2D eigenvalue weighted by molar-refractivity contribution is 6.33. The Bertz CT molecular complexity index is 568. The van der Waals surface area contributed by atoms with Gasteiger partial charge in [0.15, 0.2) is 0 Å². The first kappa shape index (κ1) is 22.3. The molecule has 5 nitrogen and oxygen atoms in total. The van der Waals surface area contributed by atoms with Crippen LogP contribution in [0.25, 0.3) is 0 Å². The first-order valence-electron chi connectivity index (χ1n) is 8.28. The van der Waals surface area contributed by atoms with Crippen molar-refractivity contribution < 1.29 is 9.90 Å². The van der Waals surface area contributed by atoms with Gasteiger partial charge in [0.25, 0.3) is 0 Å². The number of benzene rings is 1. The molecule has 1 amide bonds. The van der Waals surface area contributed by atoms with Crippen molar-refractivity contribution in [2.45, 2.75) is 31.4 Å². The molecular formula is C17H26Cl3N3O2. The molecule has 1 aliphatic carbocycles. The standard InChI is InChI=1S/C17H24ClN3O2.2ClH/c18-13-3-1-2-4-15(13)20-7-9-21(10-8-20)17(23)12-5-6-14(19)16(22)11-12;;/h1-4,12,14,16,22H,5-11,19H2;2*1H/t12-,14-,16-;;/m0../s1. The van der Waals surface area contributed by atoms with Crippen LogP contribution in [0.2, 0.25) is 5.02 Å². The maximum Gasteiger partial charge on any atom is 0.225 e. The molecule has 1 saturated heterocycles. The predicted octanol–water partition coefficient (Wildman–Crippen LogP) is 2.32. The second-order valence-corrected chi connectivity index (χ2v) is 6.91. The van der Waals surface area contributed by atoms with E-state index in [1.807, 2.05) is 29.2 Å². The summed E-state index contributed by atoms with van der Waals surface area (Å²) in [5.74, 6) is 0.0754. The number of hydrogen-bond donors (Lipinski definition) is 2. The topological polar surface area (TPSA) is 69.8 Å². The Morgan fingerprint density at radius 2 is 1.76 bits per heavy atom. The number of piperazine rings is 1. The Kier molecular flexibility index (Phi) is 8.78. The van der Waals surface area contributed by atoms with Gasteiger partial charge in [0.2, 0.25) is 5.91 Å². The Hall–Kier alpha value is -0.720. The van der Waals surface area contributed by atoms with E-state index in [4.69, 9.17) is 17.3 Å². The number of aliphatic hydroxyl groups is 1. The van der Waals surface area contributed by atoms with Crippen molar-refractivity contribution in [3.05, 3.63) is 29.3 Å². The molecule has 3 rings (SSSR count). The molecule has 0 unspecified atom stereocenters. The van der Waals surface area contributed by atoms with Crippen LogP contribution in [0, 0.1) is 5.92 Å². The lowest BCUT2D eigenvalue weighted by Crippen LogP contribution is -2.52. The summed E-state index contributed by atoms with van der Waals surface area (Å²) in [4.78, 5) is 16.8. The summed E-state index contributed by atoms with van der Waals surface area (Å²) in [5, 5.41) is 10.6. The van der Waals surface area contributed by atoms with Gasteiger partial charge in [0.1, 0.15) is 0 Å². The zero-order valence-electron chi connectivity index (χ0n) is 14.0. The lowest BCUT2D eigenvalue weighted by atomic mass is 9.83. The van der Waals surface area contributed by atoms with E-state index in [-0.39, 0.29) is 42.7 Å². The molecule has 0 radical (unpaired) electrons. The Morgan fingerprint density at radius 1 is 1.12 bits per heavy atom. The normalized spacial score (nSPS) is 26.4. The van der Waals surface area contributed by atoms with Crippen molar-refractivity contribution in [1.82, 2.24) is 4.90 Å². The number of aliphatic hydroxyl groups excluding tert-OH is 1. The van der Waals surface area contributed by atoms with Crippen LogP contribution in [0.4, 0.5) is 5.69 Å². The van der Waals surface area contributed by atoms with Crippen molar-refractivity contribution in [3.8, 4) is 0 Å². The fourth-order valence-corrected chi connectivity index (χ4v) is 3.78. The van der Waals surface area contributed by atoms with Gasteiger partial charge in [-0.25, -0.2) is 0 Å². The molecule has 1 saturated carbocycles. The Labute approximate surface area is 166 Å². The minimum atomic E-state index is -0.554. The van der Waals surface area contributed by atoms with E-state index in [1.54, 1.807) is 0 Å². The van der Waals surface area contributed by atoms with E-state index in [0.717, 1.165) is 36.6 Å². The van der Waals surface area contributed by atoms with Gasteiger partial charge in [0.05, 0.1) is 16.8 Å². The van der Waals surface area contributed by atoms with Crippen LogP contribution in [0.1, 0.15) is 19.3 Å². The van der Waals surface area contributed by atoms with Crippen molar-refractivity contribution in [2.24, 2.45) is 11.7 Å². The second kappa shape index (κ2) is 9.83. The van der Waals surface area contributed by atoms with Gasteiger partial charge in [-0.2, -0.15) is 0 Å². The van der Waals surface area contributed by atoms with E-state index in [2.05, 4.69) is 4.90 Å². The van der Waals surface area contributed by atoms with Gasteiger partial charge in [-0.3, -0.25) is 4.79 Å². The molecule has 3 N–H and O–H groups in total. The second-order valence-electron chi connectivity index (χ2n) is 6.50. The molecule has 0 spiro atoms. The number of hydrogen-bond acceptors (Lipinski definition) is 4. The first-order valence-corrected chi connectivity index (χ1v) is 8.66. The van der Waals surface area contributed by atoms with E-state index in [1.165, 1.54) is 0 Å². The third-order valence-corrected chi connectivity index (χ3v) is 5.32. The first-order chi connectivity index (χ1) is 11.1. The quantitative estimate of drug-likeness (QED) is 0.785. The van der Waals surface area contributed by atoms with Crippen molar-refractivity contribution >= 4 is 48.0 Å². The van der Waals surface area contributed by atoms with E-state index in [9.17, 15) is 9.90 Å². The molecule has 1 aromatic carbocycles. The molecule has 1 heterocycles. The van der Waals surface area contributed by atoms with Crippen molar-refractivity contribution in [1.29, 1.82) is 0 Å². The summed E-state index contributed by atoms with van der Waals surface area (Å²) < 4.78 is 0. The number of amides is 1. The molecule has 0 bridgehead atoms. The van der Waals surface area contributed by atoms with Gasteiger partial charge in [0, 0.05) is 38.1 Å². The Balaban J connectivity index is 0.00000156. The minimum Gasteiger partial charge on any atom is -0.391 e.